The Morgan fingerprint density at radius 2 is 1.52 bits per heavy atom. The van der Waals surface area contributed by atoms with Crippen molar-refractivity contribution < 1.29 is 58.7 Å². The van der Waals surface area contributed by atoms with E-state index in [4.69, 9.17) is 28.1 Å². The molecule has 2 fully saturated rings. The summed E-state index contributed by atoms with van der Waals surface area (Å²) in [6.45, 7) is -0.713. The van der Waals surface area contributed by atoms with Crippen LogP contribution in [0.2, 0.25) is 0 Å². The van der Waals surface area contributed by atoms with Crippen LogP contribution in [0.5, 0.6) is 11.5 Å². The molecule has 2 aliphatic rings. The van der Waals surface area contributed by atoms with Crippen molar-refractivity contribution in [3.8, 4) is 22.8 Å². The molecular weight excluding hydrogens is 532 g/mol. The molecule has 13 heteroatoms. The fraction of sp³-hybridized carbons (Fsp3) is 0.444. The van der Waals surface area contributed by atoms with Gasteiger partial charge < -0.3 is 58.7 Å². The van der Waals surface area contributed by atoms with E-state index < -0.39 is 61.9 Å². The molecule has 5 rings (SSSR count). The van der Waals surface area contributed by atoms with Crippen LogP contribution < -0.4 is 14.9 Å². The number of ether oxygens (including phenoxy) is 5. The summed E-state index contributed by atoms with van der Waals surface area (Å²) in [5.74, 6) is 1.09. The number of benzene rings is 2. The van der Waals surface area contributed by atoms with Gasteiger partial charge in [-0.2, -0.15) is 0 Å². The Morgan fingerprint density at radius 1 is 0.825 bits per heavy atom. The topological polar surface area (TPSA) is 198 Å². The Labute approximate surface area is 227 Å². The van der Waals surface area contributed by atoms with E-state index in [0.717, 1.165) is 0 Å². The molecule has 6 N–H and O–H groups in total. The molecule has 40 heavy (non-hydrogen) atoms. The third-order valence-electron chi connectivity index (χ3n) is 6.87. The lowest BCUT2D eigenvalue weighted by Crippen LogP contribution is -2.61. The van der Waals surface area contributed by atoms with Gasteiger partial charge >= 0.3 is 0 Å². The smallest absolute Gasteiger partial charge is 0.229 e. The maximum absolute atomic E-state index is 12.7. The lowest BCUT2D eigenvalue weighted by atomic mass is 9.99. The third-order valence-corrected chi connectivity index (χ3v) is 6.87. The van der Waals surface area contributed by atoms with Crippen molar-refractivity contribution in [2.75, 3.05) is 20.3 Å². The van der Waals surface area contributed by atoms with Gasteiger partial charge in [-0.15, -0.1) is 0 Å². The summed E-state index contributed by atoms with van der Waals surface area (Å²) in [5, 5.41) is 61.0. The number of fused-ring (bicyclic) bond motifs is 1. The predicted octanol–water partition coefficient (Wildman–Crippen LogP) is -0.889. The molecule has 0 amide bonds. The van der Waals surface area contributed by atoms with E-state index in [2.05, 4.69) is 0 Å². The van der Waals surface area contributed by atoms with Gasteiger partial charge in [0.1, 0.15) is 65.6 Å². The molecule has 0 bridgehead atoms. The fourth-order valence-electron chi connectivity index (χ4n) is 4.51. The summed E-state index contributed by atoms with van der Waals surface area (Å²) in [5.41, 5.74) is 0.560. The zero-order valence-electron chi connectivity index (χ0n) is 21.3. The van der Waals surface area contributed by atoms with E-state index in [0.29, 0.717) is 17.1 Å². The zero-order valence-corrected chi connectivity index (χ0v) is 21.3. The fourth-order valence-corrected chi connectivity index (χ4v) is 4.51. The number of rotatable bonds is 7. The van der Waals surface area contributed by atoms with E-state index >= 15 is 0 Å². The first kappa shape index (κ1) is 28.4. The van der Waals surface area contributed by atoms with Crippen LogP contribution >= 0.6 is 0 Å². The molecule has 0 spiro atoms. The largest absolute Gasteiger partial charge is 0.497 e. The van der Waals surface area contributed by atoms with Crippen LogP contribution in [0.3, 0.4) is 0 Å². The summed E-state index contributed by atoms with van der Waals surface area (Å²) < 4.78 is 33.1. The predicted molar refractivity (Wildman–Crippen MR) is 135 cm³/mol. The first-order valence-electron chi connectivity index (χ1n) is 12.5. The number of aliphatic hydroxyl groups is 6. The van der Waals surface area contributed by atoms with E-state index in [-0.39, 0.29) is 28.8 Å². The highest BCUT2D eigenvalue weighted by Crippen LogP contribution is 2.29. The lowest BCUT2D eigenvalue weighted by molar-refractivity contribution is -0.307. The van der Waals surface area contributed by atoms with Gasteiger partial charge in [0, 0.05) is 17.7 Å². The molecule has 2 aliphatic heterocycles. The van der Waals surface area contributed by atoms with Gasteiger partial charge in [0.05, 0.1) is 25.7 Å². The van der Waals surface area contributed by atoms with Crippen molar-refractivity contribution >= 4 is 11.0 Å². The monoisotopic (exact) mass is 562 g/mol. The second-order valence-electron chi connectivity index (χ2n) is 9.58. The molecule has 1 aromatic heterocycles. The Hall–Kier alpha value is -3.11. The standard InChI is InChI=1S/C27H30O13/c1-35-13-4-2-12(3-5-13)18-9-16(28)15-7-6-14(8-19(15)39-18)38-27-25(34)23(32)22(31)20(40-27)11-37-26-24(33)21(30)17(29)10-36-26/h2-9,17,20-27,29-34H,10-11H2,1H3. The number of hydrogen-bond donors (Lipinski definition) is 6. The molecule has 13 nitrogen and oxygen atoms in total. The molecule has 0 aliphatic carbocycles. The SMILES string of the molecule is COc1ccc(-c2cc(=O)c3ccc(OC4OC(COC5OCC(O)C(O)C5O)C(O)C(O)C4O)cc3o2)cc1. The van der Waals surface area contributed by atoms with Crippen LogP contribution in [0, 0.1) is 0 Å². The average Bonchev–Trinajstić information content (AvgIpc) is 2.96. The van der Waals surface area contributed by atoms with Crippen molar-refractivity contribution in [1.82, 2.24) is 0 Å². The van der Waals surface area contributed by atoms with Crippen molar-refractivity contribution in [2.45, 2.75) is 55.3 Å². The Morgan fingerprint density at radius 3 is 2.25 bits per heavy atom. The summed E-state index contributed by atoms with van der Waals surface area (Å²) in [4.78, 5) is 12.7. The Kier molecular flexibility index (Phi) is 8.37. The molecule has 216 valence electrons. The molecule has 0 saturated carbocycles. The highest BCUT2D eigenvalue weighted by molar-refractivity contribution is 5.80. The Balaban J connectivity index is 1.32. The van der Waals surface area contributed by atoms with Crippen LogP contribution in [0.25, 0.3) is 22.3 Å². The van der Waals surface area contributed by atoms with E-state index in [9.17, 15) is 35.4 Å². The van der Waals surface area contributed by atoms with Crippen LogP contribution in [-0.2, 0) is 14.2 Å². The summed E-state index contributed by atoms with van der Waals surface area (Å²) >= 11 is 0. The minimum absolute atomic E-state index is 0.137. The molecular formula is C27H30O13. The minimum Gasteiger partial charge on any atom is -0.497 e. The molecule has 9 unspecified atom stereocenters. The highest BCUT2D eigenvalue weighted by atomic mass is 16.7. The summed E-state index contributed by atoms with van der Waals surface area (Å²) in [6.07, 6.45) is -13.3. The van der Waals surface area contributed by atoms with Crippen molar-refractivity contribution in [3.05, 3.63) is 58.8 Å². The van der Waals surface area contributed by atoms with Gasteiger partial charge in [-0.05, 0) is 36.4 Å². The van der Waals surface area contributed by atoms with Crippen molar-refractivity contribution in [2.24, 2.45) is 0 Å². The molecule has 9 atom stereocenters. The van der Waals surface area contributed by atoms with Crippen molar-refractivity contribution in [3.63, 3.8) is 0 Å². The maximum Gasteiger partial charge on any atom is 0.229 e. The van der Waals surface area contributed by atoms with Gasteiger partial charge in [-0.1, -0.05) is 0 Å². The maximum atomic E-state index is 12.7. The molecule has 2 aromatic carbocycles. The van der Waals surface area contributed by atoms with Gasteiger partial charge in [-0.3, -0.25) is 4.79 Å². The second-order valence-corrected chi connectivity index (χ2v) is 9.58. The number of aliphatic hydroxyl groups excluding tert-OH is 6. The number of hydrogen-bond acceptors (Lipinski definition) is 13. The minimum atomic E-state index is -1.68. The van der Waals surface area contributed by atoms with E-state index in [1.165, 1.54) is 24.3 Å². The zero-order chi connectivity index (χ0) is 28.6. The molecule has 0 radical (unpaired) electrons. The molecule has 2 saturated heterocycles. The van der Waals surface area contributed by atoms with Crippen LogP contribution in [-0.4, -0.2) is 106 Å². The first-order valence-corrected chi connectivity index (χ1v) is 12.5. The van der Waals surface area contributed by atoms with Crippen LogP contribution in [0.1, 0.15) is 0 Å². The van der Waals surface area contributed by atoms with Crippen LogP contribution in [0.4, 0.5) is 0 Å². The molecule has 3 heterocycles. The third kappa shape index (κ3) is 5.69. The highest BCUT2D eigenvalue weighted by Gasteiger charge is 2.46. The normalized spacial score (nSPS) is 32.6. The van der Waals surface area contributed by atoms with E-state index in [1.807, 2.05) is 0 Å². The lowest BCUT2D eigenvalue weighted by Gasteiger charge is -2.41. The van der Waals surface area contributed by atoms with Gasteiger partial charge in [0.25, 0.3) is 0 Å². The summed E-state index contributed by atoms with van der Waals surface area (Å²) in [6, 6.07) is 12.7. The van der Waals surface area contributed by atoms with Gasteiger partial charge in [-0.25, -0.2) is 0 Å². The molecule has 3 aromatic rings. The van der Waals surface area contributed by atoms with Crippen LogP contribution in [0.15, 0.2) is 57.7 Å². The quantitative estimate of drug-likeness (QED) is 0.208. The number of methoxy groups -OCH3 is 1. The summed E-state index contributed by atoms with van der Waals surface area (Å²) in [7, 11) is 1.54. The Bertz CT molecular complexity index is 1360. The van der Waals surface area contributed by atoms with Gasteiger partial charge in [0.15, 0.2) is 11.7 Å². The average molecular weight is 563 g/mol. The van der Waals surface area contributed by atoms with E-state index in [1.54, 1.807) is 31.4 Å². The first-order chi connectivity index (χ1) is 19.2. The second kappa shape index (κ2) is 11.8. The van der Waals surface area contributed by atoms with Gasteiger partial charge in [0.2, 0.25) is 6.29 Å². The van der Waals surface area contributed by atoms with Crippen molar-refractivity contribution in [1.29, 1.82) is 0 Å².